The van der Waals surface area contributed by atoms with Gasteiger partial charge in [-0.15, -0.1) is 10.2 Å². The van der Waals surface area contributed by atoms with Crippen molar-refractivity contribution in [3.05, 3.63) is 65.7 Å². The van der Waals surface area contributed by atoms with Crippen LogP contribution in [-0.4, -0.2) is 32.2 Å². The largest absolute Gasteiger partial charge is 0.496 e. The van der Waals surface area contributed by atoms with Crippen LogP contribution < -0.4 is 4.74 Å². The molecule has 28 heavy (non-hydrogen) atoms. The summed E-state index contributed by atoms with van der Waals surface area (Å²) >= 11 is 1.54. The van der Waals surface area contributed by atoms with Gasteiger partial charge in [0.25, 0.3) is 0 Å². The van der Waals surface area contributed by atoms with Crippen molar-refractivity contribution in [1.29, 1.82) is 0 Å². The smallest absolute Gasteiger partial charge is 0.175 e. The molecular formula is C20H19N5O2S. The molecule has 0 aliphatic heterocycles. The Morgan fingerprint density at radius 3 is 2.64 bits per heavy atom. The van der Waals surface area contributed by atoms with Crippen LogP contribution in [0.2, 0.25) is 0 Å². The van der Waals surface area contributed by atoms with Crippen LogP contribution in [0.25, 0.3) is 17.1 Å². The van der Waals surface area contributed by atoms with Gasteiger partial charge < -0.3 is 9.26 Å². The Balaban J connectivity index is 1.44. The highest BCUT2D eigenvalue weighted by molar-refractivity contribution is 7.98. The fraction of sp³-hybridized carbons (Fsp3) is 0.200. The molecule has 142 valence electrons. The lowest BCUT2D eigenvalue weighted by molar-refractivity contribution is 0.395. The Kier molecular flexibility index (Phi) is 5.12. The van der Waals surface area contributed by atoms with Crippen molar-refractivity contribution in [2.75, 3.05) is 7.11 Å². The van der Waals surface area contributed by atoms with E-state index in [1.807, 2.05) is 62.4 Å². The summed E-state index contributed by atoms with van der Waals surface area (Å²) in [6.07, 6.45) is 0. The van der Waals surface area contributed by atoms with E-state index >= 15 is 0 Å². The molecule has 7 nitrogen and oxygen atoms in total. The van der Waals surface area contributed by atoms with Gasteiger partial charge in [-0.25, -0.2) is 4.68 Å². The van der Waals surface area contributed by atoms with E-state index < -0.39 is 0 Å². The number of hydrogen-bond acceptors (Lipinski definition) is 7. The van der Waals surface area contributed by atoms with Gasteiger partial charge in [-0.2, -0.15) is 5.10 Å². The van der Waals surface area contributed by atoms with Crippen LogP contribution in [0.5, 0.6) is 5.75 Å². The number of thioether (sulfide) groups is 1. The van der Waals surface area contributed by atoms with E-state index in [-0.39, 0.29) is 0 Å². The topological polar surface area (TPSA) is 78.9 Å². The highest BCUT2D eigenvalue weighted by Crippen LogP contribution is 2.30. The van der Waals surface area contributed by atoms with Crippen molar-refractivity contribution in [3.8, 4) is 22.8 Å². The van der Waals surface area contributed by atoms with E-state index in [1.165, 1.54) is 11.8 Å². The minimum absolute atomic E-state index is 0.607. The molecule has 0 saturated carbocycles. The molecule has 0 radical (unpaired) electrons. The molecule has 0 aliphatic rings. The van der Waals surface area contributed by atoms with Gasteiger partial charge >= 0.3 is 0 Å². The zero-order valence-electron chi connectivity index (χ0n) is 15.8. The molecule has 0 fully saturated rings. The first-order valence-electron chi connectivity index (χ1n) is 8.73. The first kappa shape index (κ1) is 18.2. The van der Waals surface area contributed by atoms with E-state index in [4.69, 9.17) is 9.26 Å². The number of ether oxygens (including phenoxy) is 1. The minimum Gasteiger partial charge on any atom is -0.496 e. The molecule has 0 atom stereocenters. The van der Waals surface area contributed by atoms with Gasteiger partial charge in [-0.3, -0.25) is 0 Å². The van der Waals surface area contributed by atoms with Crippen LogP contribution in [0.4, 0.5) is 0 Å². The van der Waals surface area contributed by atoms with Gasteiger partial charge in [0.05, 0.1) is 18.6 Å². The van der Waals surface area contributed by atoms with E-state index in [9.17, 15) is 0 Å². The number of aromatic nitrogens is 5. The van der Waals surface area contributed by atoms with Crippen molar-refractivity contribution in [3.63, 3.8) is 0 Å². The standard InChI is InChI=1S/C20H19N5O2S/c1-13-10-14(2)25(23-13)19-8-9-20(22-21-19)28-12-15-11-17(24-27-15)16-6-4-5-7-18(16)26-3/h4-11H,12H2,1-3H3. The van der Waals surface area contributed by atoms with Crippen LogP contribution in [0.3, 0.4) is 0 Å². The number of nitrogens with zero attached hydrogens (tertiary/aromatic N) is 5. The molecule has 0 N–H and O–H groups in total. The molecule has 0 bridgehead atoms. The fourth-order valence-electron chi connectivity index (χ4n) is 2.87. The van der Waals surface area contributed by atoms with Crippen molar-refractivity contribution in [2.45, 2.75) is 24.6 Å². The lowest BCUT2D eigenvalue weighted by atomic mass is 10.1. The summed E-state index contributed by atoms with van der Waals surface area (Å²) < 4.78 is 12.6. The predicted octanol–water partition coefficient (Wildman–Crippen LogP) is 4.24. The van der Waals surface area contributed by atoms with Crippen LogP contribution >= 0.6 is 11.8 Å². The molecule has 1 aromatic carbocycles. The van der Waals surface area contributed by atoms with Gasteiger partial charge in [0.1, 0.15) is 22.2 Å². The Labute approximate surface area is 166 Å². The second kappa shape index (κ2) is 7.85. The molecule has 8 heteroatoms. The Morgan fingerprint density at radius 1 is 1.07 bits per heavy atom. The average molecular weight is 393 g/mol. The molecule has 3 heterocycles. The summed E-state index contributed by atoms with van der Waals surface area (Å²) in [5.74, 6) is 2.83. The maximum absolute atomic E-state index is 5.46. The molecular weight excluding hydrogens is 374 g/mol. The number of rotatable bonds is 6. The zero-order valence-corrected chi connectivity index (χ0v) is 16.6. The minimum atomic E-state index is 0.607. The fourth-order valence-corrected chi connectivity index (χ4v) is 3.56. The molecule has 4 rings (SSSR count). The quantitative estimate of drug-likeness (QED) is 0.453. The molecule has 0 aliphatic carbocycles. The molecule has 0 unspecified atom stereocenters. The van der Waals surface area contributed by atoms with Gasteiger partial charge in [0.2, 0.25) is 0 Å². The Hall–Kier alpha value is -3.13. The van der Waals surface area contributed by atoms with E-state index in [2.05, 4.69) is 20.5 Å². The first-order chi connectivity index (χ1) is 13.6. The lowest BCUT2D eigenvalue weighted by Crippen LogP contribution is -2.03. The average Bonchev–Trinajstić information content (AvgIpc) is 3.32. The van der Waals surface area contributed by atoms with Crippen molar-refractivity contribution in [1.82, 2.24) is 25.1 Å². The number of benzene rings is 1. The number of hydrogen-bond donors (Lipinski definition) is 0. The zero-order chi connectivity index (χ0) is 19.5. The molecule has 4 aromatic rings. The molecule has 0 spiro atoms. The number of methoxy groups -OCH3 is 1. The number of para-hydroxylation sites is 1. The summed E-state index contributed by atoms with van der Waals surface area (Å²) in [4.78, 5) is 0. The monoisotopic (exact) mass is 393 g/mol. The van der Waals surface area contributed by atoms with E-state index in [0.29, 0.717) is 11.6 Å². The molecule has 3 aromatic heterocycles. The summed E-state index contributed by atoms with van der Waals surface area (Å²) in [7, 11) is 1.64. The molecule has 0 amide bonds. The van der Waals surface area contributed by atoms with E-state index in [1.54, 1.807) is 11.8 Å². The lowest BCUT2D eigenvalue weighted by Gasteiger charge is -2.04. The van der Waals surface area contributed by atoms with Crippen molar-refractivity contribution >= 4 is 11.8 Å². The van der Waals surface area contributed by atoms with E-state index in [0.717, 1.165) is 39.2 Å². The third-order valence-electron chi connectivity index (χ3n) is 4.16. The highest BCUT2D eigenvalue weighted by atomic mass is 32.2. The van der Waals surface area contributed by atoms with Gasteiger partial charge in [0, 0.05) is 17.3 Å². The van der Waals surface area contributed by atoms with Crippen LogP contribution in [0.1, 0.15) is 17.1 Å². The highest BCUT2D eigenvalue weighted by Gasteiger charge is 2.12. The van der Waals surface area contributed by atoms with Gasteiger partial charge in [0.15, 0.2) is 5.82 Å². The summed E-state index contributed by atoms with van der Waals surface area (Å²) in [5.41, 5.74) is 3.63. The van der Waals surface area contributed by atoms with Crippen molar-refractivity contribution < 1.29 is 9.26 Å². The second-order valence-electron chi connectivity index (χ2n) is 6.24. The predicted molar refractivity (Wildman–Crippen MR) is 107 cm³/mol. The Morgan fingerprint density at radius 2 is 1.93 bits per heavy atom. The summed E-state index contributed by atoms with van der Waals surface area (Å²) in [6.45, 7) is 3.95. The normalized spacial score (nSPS) is 11.0. The maximum atomic E-state index is 5.46. The van der Waals surface area contributed by atoms with Crippen LogP contribution in [0.15, 0.2) is 58.1 Å². The third-order valence-corrected chi connectivity index (χ3v) is 5.10. The maximum Gasteiger partial charge on any atom is 0.175 e. The molecule has 0 saturated heterocycles. The third kappa shape index (κ3) is 3.77. The second-order valence-corrected chi connectivity index (χ2v) is 7.23. The summed E-state index contributed by atoms with van der Waals surface area (Å²) in [5, 5.41) is 17.9. The van der Waals surface area contributed by atoms with Gasteiger partial charge in [-0.1, -0.05) is 29.1 Å². The number of aryl methyl sites for hydroxylation is 2. The van der Waals surface area contributed by atoms with Crippen LogP contribution in [-0.2, 0) is 5.75 Å². The summed E-state index contributed by atoms with van der Waals surface area (Å²) in [6, 6.07) is 15.5. The Bertz CT molecular complexity index is 1090. The van der Waals surface area contributed by atoms with Crippen LogP contribution in [0, 0.1) is 13.8 Å². The SMILES string of the molecule is COc1ccccc1-c1cc(CSc2ccc(-n3nc(C)cc3C)nn2)on1. The first-order valence-corrected chi connectivity index (χ1v) is 9.72. The van der Waals surface area contributed by atoms with Gasteiger partial charge in [-0.05, 0) is 44.2 Å². The van der Waals surface area contributed by atoms with Crippen molar-refractivity contribution in [2.24, 2.45) is 0 Å².